The predicted octanol–water partition coefficient (Wildman–Crippen LogP) is 12.8. The van der Waals surface area contributed by atoms with E-state index in [0.29, 0.717) is 55.9 Å². The fraction of sp³-hybridized carbons (Fsp3) is 0.537. The SMILES string of the molecule is C1CCOC1.CC(C)(C)OC(=O)Nc1ccc(CCC(=O)CCC(=O)O)cc1.CC(C)(C)OC(=O)Nc1ccc(CN)cc1.CC(I)I.CCOC(=O)CCC(=O)CCc1ccc(NC(=O)OC(C)(C)C)cc1. The van der Waals surface area contributed by atoms with Gasteiger partial charge in [0.05, 0.1) is 21.4 Å². The standard InChI is InChI=1S/C19H27NO5.C17H23NO5.C12H18N2O2.C4H8O.C2H4I2/c1-5-24-17(22)13-12-16(21)11-8-14-6-9-15(10-7-14)20-18(23)25-19(2,3)4;1-17(2,3)23-16(22)18-13-7-4-12(5-8-13)6-9-14(19)10-11-15(20)21;1-12(2,3)16-11(15)14-10-6-4-9(8-13)5-7-10;1-2-4-5-3-1;1-2(3)4/h6-7,9-10H,5,8,11-13H2,1-4H3,(H,20,23);4-5,7-8H,6,9-11H2,1-3H3,(H,18,22)(H,20,21);4-7H,8,13H2,1-3H3,(H,14,15);1-4H2;2H,1H3. The van der Waals surface area contributed by atoms with Crippen LogP contribution in [0, 0.1) is 0 Å². The van der Waals surface area contributed by atoms with Gasteiger partial charge in [0.1, 0.15) is 28.4 Å². The maximum Gasteiger partial charge on any atom is 0.412 e. The second-order valence-corrected chi connectivity index (χ2v) is 25.4. The van der Waals surface area contributed by atoms with Crippen LogP contribution < -0.4 is 21.7 Å². The highest BCUT2D eigenvalue weighted by atomic mass is 127. The number of carboxylic acids is 1. The van der Waals surface area contributed by atoms with E-state index in [4.69, 9.17) is 34.5 Å². The fourth-order valence-corrected chi connectivity index (χ4v) is 5.55. The first-order chi connectivity index (χ1) is 34.0. The Kier molecular flexibility index (Phi) is 34.5. The highest BCUT2D eigenvalue weighted by molar-refractivity contribution is 14.2. The molecule has 0 bridgehead atoms. The lowest BCUT2D eigenvalue weighted by Gasteiger charge is -2.19. The smallest absolute Gasteiger partial charge is 0.412 e. The molecule has 1 fully saturated rings. The number of hydrogen-bond donors (Lipinski definition) is 5. The molecule has 0 aromatic heterocycles. The zero-order chi connectivity index (χ0) is 55.6. The number of hydrogen-bond acceptors (Lipinski definition) is 13. The largest absolute Gasteiger partial charge is 0.481 e. The number of esters is 1. The molecule has 6 N–H and O–H groups in total. The number of aliphatic carboxylic acids is 1. The Morgan fingerprint density at radius 3 is 1.14 bits per heavy atom. The van der Waals surface area contributed by atoms with Crippen molar-refractivity contribution >= 4 is 104 Å². The van der Waals surface area contributed by atoms with E-state index in [1.165, 1.54) is 12.8 Å². The van der Waals surface area contributed by atoms with Crippen molar-refractivity contribution in [1.29, 1.82) is 0 Å². The molecular weight excluding hydrogens is 1170 g/mol. The monoisotopic (exact) mass is 1250 g/mol. The van der Waals surface area contributed by atoms with Crippen LogP contribution in [0.4, 0.5) is 31.4 Å². The van der Waals surface area contributed by atoms with Crippen LogP contribution in [-0.4, -0.2) is 85.4 Å². The summed E-state index contributed by atoms with van der Waals surface area (Å²) in [6.07, 6.45) is 3.17. The van der Waals surface area contributed by atoms with Crippen molar-refractivity contribution in [1.82, 2.24) is 0 Å². The lowest BCUT2D eigenvalue weighted by Crippen LogP contribution is -2.27. The lowest BCUT2D eigenvalue weighted by atomic mass is 10.0. The van der Waals surface area contributed by atoms with Crippen molar-refractivity contribution in [3.63, 3.8) is 0 Å². The molecule has 0 saturated carbocycles. The first kappa shape index (κ1) is 68.1. The number of nitrogens with two attached hydrogens (primary N) is 1. The van der Waals surface area contributed by atoms with E-state index in [1.807, 2.05) is 57.2 Å². The highest BCUT2D eigenvalue weighted by Gasteiger charge is 2.18. The second kappa shape index (κ2) is 37.0. The summed E-state index contributed by atoms with van der Waals surface area (Å²) in [4.78, 5) is 79.7. The second-order valence-electron chi connectivity index (χ2n) is 19.3. The summed E-state index contributed by atoms with van der Waals surface area (Å²) in [6, 6.07) is 21.7. The van der Waals surface area contributed by atoms with Crippen molar-refractivity contribution < 1.29 is 62.4 Å². The number of ether oxygens (including phenoxy) is 5. The minimum atomic E-state index is -0.962. The molecule has 0 spiro atoms. The van der Waals surface area contributed by atoms with E-state index >= 15 is 0 Å². The van der Waals surface area contributed by atoms with Gasteiger partial charge in [-0.1, -0.05) is 81.6 Å². The van der Waals surface area contributed by atoms with Crippen LogP contribution in [0.3, 0.4) is 0 Å². The molecule has 19 heteroatoms. The number of carboxylic acid groups (broad SMARTS) is 1. The van der Waals surface area contributed by atoms with Crippen molar-refractivity contribution in [2.75, 3.05) is 35.8 Å². The molecule has 1 saturated heterocycles. The molecule has 0 aliphatic carbocycles. The molecule has 1 heterocycles. The van der Waals surface area contributed by atoms with Crippen molar-refractivity contribution in [2.24, 2.45) is 5.73 Å². The van der Waals surface area contributed by atoms with Crippen LogP contribution >= 0.6 is 45.2 Å². The van der Waals surface area contributed by atoms with E-state index in [-0.39, 0.29) is 43.2 Å². The minimum absolute atomic E-state index is 0.0315. The van der Waals surface area contributed by atoms with Crippen LogP contribution in [0.25, 0.3) is 0 Å². The van der Waals surface area contributed by atoms with Crippen molar-refractivity contribution in [3.8, 4) is 0 Å². The Labute approximate surface area is 460 Å². The fourth-order valence-electron chi connectivity index (χ4n) is 5.55. The maximum absolute atomic E-state index is 11.8. The normalized spacial score (nSPS) is 11.7. The molecule has 0 radical (unpaired) electrons. The van der Waals surface area contributed by atoms with Gasteiger partial charge in [-0.15, -0.1) is 0 Å². The van der Waals surface area contributed by atoms with Gasteiger partial charge in [-0.3, -0.25) is 35.1 Å². The number of anilines is 3. The Balaban J connectivity index is 0.000000993. The third kappa shape index (κ3) is 42.2. The van der Waals surface area contributed by atoms with Gasteiger partial charge in [-0.25, -0.2) is 14.4 Å². The quantitative estimate of drug-likeness (QED) is 0.0365. The summed E-state index contributed by atoms with van der Waals surface area (Å²) >= 11 is 4.66. The first-order valence-electron chi connectivity index (χ1n) is 24.2. The first-order valence-corrected chi connectivity index (χ1v) is 26.7. The number of halogens is 2. The average Bonchev–Trinajstić information content (AvgIpc) is 3.87. The molecule has 3 aromatic rings. The minimum Gasteiger partial charge on any atom is -0.481 e. The summed E-state index contributed by atoms with van der Waals surface area (Å²) in [6.45, 7) is 22.9. The summed E-state index contributed by atoms with van der Waals surface area (Å²) in [7, 11) is 0. The molecule has 73 heavy (non-hydrogen) atoms. The number of ketones is 2. The third-order valence-corrected chi connectivity index (χ3v) is 8.78. The lowest BCUT2D eigenvalue weighted by molar-refractivity contribution is -0.144. The van der Waals surface area contributed by atoms with Crippen LogP contribution in [0.2, 0.25) is 0 Å². The Morgan fingerprint density at radius 1 is 0.562 bits per heavy atom. The van der Waals surface area contributed by atoms with Crippen LogP contribution in [-0.2, 0) is 62.2 Å². The number of alkyl halides is 2. The number of amides is 3. The molecule has 3 aromatic carbocycles. The number of rotatable bonds is 17. The van der Waals surface area contributed by atoms with Gasteiger partial charge < -0.3 is 34.5 Å². The molecular formula is C54H80I2N4O13. The summed E-state index contributed by atoms with van der Waals surface area (Å²) in [5.74, 6) is -1.34. The van der Waals surface area contributed by atoms with Gasteiger partial charge >= 0.3 is 30.2 Å². The molecule has 1 aliphatic heterocycles. The third-order valence-electron chi connectivity index (χ3n) is 8.78. The van der Waals surface area contributed by atoms with Gasteiger partial charge in [0, 0.05) is 62.5 Å². The number of aryl methyl sites for hydroxylation is 2. The van der Waals surface area contributed by atoms with Gasteiger partial charge in [-0.2, -0.15) is 0 Å². The zero-order valence-electron chi connectivity index (χ0n) is 44.6. The van der Waals surface area contributed by atoms with Crippen LogP contribution in [0.5, 0.6) is 0 Å². The number of benzene rings is 3. The summed E-state index contributed by atoms with van der Waals surface area (Å²) < 4.78 is 26.0. The number of Topliss-reactive ketones (excluding diaryl/α,β-unsaturated/α-hetero) is 2. The van der Waals surface area contributed by atoms with E-state index in [0.717, 1.165) is 31.8 Å². The van der Waals surface area contributed by atoms with E-state index in [2.05, 4.69) is 68.1 Å². The molecule has 1 aliphatic rings. The van der Waals surface area contributed by atoms with Crippen molar-refractivity contribution in [3.05, 3.63) is 89.5 Å². The maximum atomic E-state index is 11.8. The summed E-state index contributed by atoms with van der Waals surface area (Å²) in [5, 5.41) is 16.5. The summed E-state index contributed by atoms with van der Waals surface area (Å²) in [5.41, 5.74) is 8.78. The van der Waals surface area contributed by atoms with Gasteiger partial charge in [-0.05, 0) is 155 Å². The van der Waals surface area contributed by atoms with Crippen molar-refractivity contribution in [2.45, 2.75) is 166 Å². The number of carbonyl (C=O) groups excluding carboxylic acids is 6. The topological polar surface area (TPSA) is 248 Å². The van der Waals surface area contributed by atoms with Crippen LogP contribution in [0.1, 0.15) is 144 Å². The van der Waals surface area contributed by atoms with Gasteiger partial charge in [0.25, 0.3) is 0 Å². The highest BCUT2D eigenvalue weighted by Crippen LogP contribution is 2.17. The van der Waals surface area contributed by atoms with Gasteiger partial charge in [0.15, 0.2) is 0 Å². The number of nitrogens with one attached hydrogen (secondary N) is 3. The molecule has 0 atom stereocenters. The molecule has 3 amide bonds. The average molecular weight is 1250 g/mol. The molecule has 4 rings (SSSR count). The van der Waals surface area contributed by atoms with Crippen LogP contribution in [0.15, 0.2) is 72.8 Å². The Morgan fingerprint density at radius 2 is 0.877 bits per heavy atom. The molecule has 408 valence electrons. The predicted molar refractivity (Wildman–Crippen MR) is 304 cm³/mol. The Bertz CT molecular complexity index is 2080. The van der Waals surface area contributed by atoms with Gasteiger partial charge in [0.2, 0.25) is 0 Å². The Hall–Kier alpha value is -4.87. The van der Waals surface area contributed by atoms with E-state index in [9.17, 15) is 33.6 Å². The number of carbonyl (C=O) groups is 7. The zero-order valence-corrected chi connectivity index (χ0v) is 48.9. The molecule has 17 nitrogen and oxygen atoms in total. The molecule has 0 unspecified atom stereocenters. The van der Waals surface area contributed by atoms with E-state index < -0.39 is 41.1 Å². The van der Waals surface area contributed by atoms with E-state index in [1.54, 1.807) is 84.9 Å².